The van der Waals surface area contributed by atoms with Crippen molar-refractivity contribution in [1.29, 1.82) is 0 Å². The maximum atomic E-state index is 6.81. The van der Waals surface area contributed by atoms with Crippen LogP contribution in [0.25, 0.3) is 83.4 Å². The van der Waals surface area contributed by atoms with E-state index >= 15 is 0 Å². The second-order valence-electron chi connectivity index (χ2n) is 22.6. The van der Waals surface area contributed by atoms with E-state index < -0.39 is 0 Å². The Morgan fingerprint density at radius 1 is 0.527 bits per heavy atom. The number of fused-ring (bicyclic) bond motifs is 4. The van der Waals surface area contributed by atoms with Crippen molar-refractivity contribution in [2.24, 2.45) is 5.41 Å². The van der Waals surface area contributed by atoms with Crippen LogP contribution in [-0.2, 0) is 31.9 Å². The van der Waals surface area contributed by atoms with E-state index in [0.717, 1.165) is 77.8 Å². The summed E-state index contributed by atoms with van der Waals surface area (Å²) in [5.74, 6) is 2.23. The minimum Gasteiger partial charge on any atom is -0.510 e. The van der Waals surface area contributed by atoms with Crippen LogP contribution in [0.1, 0.15) is 91.8 Å². The number of para-hydroxylation sites is 3. The molecule has 8 aromatic carbocycles. The molecule has 74 heavy (non-hydrogen) atoms. The summed E-state index contributed by atoms with van der Waals surface area (Å²) in [5.41, 5.74) is 16.5. The number of hydrogen-bond donors (Lipinski definition) is 0. The van der Waals surface area contributed by atoms with E-state index in [9.17, 15) is 0 Å². The third kappa shape index (κ3) is 9.44. The second kappa shape index (κ2) is 19.5. The van der Waals surface area contributed by atoms with Crippen LogP contribution in [0.3, 0.4) is 0 Å². The van der Waals surface area contributed by atoms with Crippen molar-refractivity contribution >= 4 is 32.8 Å². The van der Waals surface area contributed by atoms with Gasteiger partial charge >= 0.3 is 0 Å². The Bertz CT molecular complexity index is 3770. The summed E-state index contributed by atoms with van der Waals surface area (Å²) in [6.45, 7) is 22.9. The summed E-state index contributed by atoms with van der Waals surface area (Å²) < 4.78 is 13.4. The second-order valence-corrected chi connectivity index (χ2v) is 22.6. The van der Waals surface area contributed by atoms with Crippen molar-refractivity contribution < 1.29 is 30.4 Å². The molecule has 0 fully saturated rings. The van der Waals surface area contributed by atoms with E-state index in [2.05, 4.69) is 271 Å². The molecular formula is C68H62N4OPt-2. The third-order valence-corrected chi connectivity index (χ3v) is 14.7. The number of rotatable bonds is 9. The van der Waals surface area contributed by atoms with Gasteiger partial charge in [0.25, 0.3) is 6.33 Å². The predicted octanol–water partition coefficient (Wildman–Crippen LogP) is 17.3. The Morgan fingerprint density at radius 2 is 1.12 bits per heavy atom. The number of hydrogen-bond acceptors (Lipinski definition) is 2. The molecule has 0 spiro atoms. The van der Waals surface area contributed by atoms with Gasteiger partial charge in [-0.2, -0.15) is 18.2 Å². The van der Waals surface area contributed by atoms with E-state index in [0.29, 0.717) is 11.5 Å². The summed E-state index contributed by atoms with van der Waals surface area (Å²) in [4.78, 5) is 5.31. The van der Waals surface area contributed by atoms with Gasteiger partial charge in [-0.15, -0.1) is 29.7 Å². The quantitative estimate of drug-likeness (QED) is 0.107. The first-order valence-corrected chi connectivity index (χ1v) is 25.5. The van der Waals surface area contributed by atoms with Crippen molar-refractivity contribution in [3.8, 4) is 62.1 Å². The van der Waals surface area contributed by atoms with Crippen LogP contribution in [0.5, 0.6) is 11.5 Å². The zero-order valence-corrected chi connectivity index (χ0v) is 46.3. The van der Waals surface area contributed by atoms with Crippen molar-refractivity contribution in [3.63, 3.8) is 0 Å². The zero-order chi connectivity index (χ0) is 50.8. The molecule has 0 saturated heterocycles. The number of imidazole rings is 1. The number of pyridine rings is 1. The number of aromatic nitrogens is 4. The first-order chi connectivity index (χ1) is 35.0. The Morgan fingerprint density at radius 3 is 1.77 bits per heavy atom. The Labute approximate surface area is 451 Å². The van der Waals surface area contributed by atoms with Gasteiger partial charge in [-0.25, -0.2) is 4.98 Å². The van der Waals surface area contributed by atoms with Crippen LogP contribution in [0.2, 0.25) is 0 Å². The van der Waals surface area contributed by atoms with Crippen LogP contribution in [0.4, 0.5) is 0 Å². The van der Waals surface area contributed by atoms with E-state index in [1.807, 2.05) is 18.2 Å². The van der Waals surface area contributed by atoms with Gasteiger partial charge < -0.3 is 13.9 Å². The van der Waals surface area contributed by atoms with E-state index in [1.54, 1.807) is 0 Å². The molecule has 0 saturated carbocycles. The molecule has 0 N–H and O–H groups in total. The van der Waals surface area contributed by atoms with Gasteiger partial charge in [0, 0.05) is 49.8 Å². The maximum absolute atomic E-state index is 6.81. The molecule has 1 atom stereocenters. The summed E-state index contributed by atoms with van der Waals surface area (Å²) in [7, 11) is 0. The van der Waals surface area contributed by atoms with Gasteiger partial charge in [-0.05, 0) is 89.9 Å². The van der Waals surface area contributed by atoms with Crippen molar-refractivity contribution in [1.82, 2.24) is 14.1 Å². The number of benzene rings is 8. The van der Waals surface area contributed by atoms with Crippen LogP contribution in [0.15, 0.2) is 188 Å². The van der Waals surface area contributed by atoms with Crippen LogP contribution >= 0.6 is 0 Å². The first kappa shape index (κ1) is 50.2. The topological polar surface area (TPSA) is 35.9 Å². The normalized spacial score (nSPS) is 12.6. The summed E-state index contributed by atoms with van der Waals surface area (Å²) >= 11 is 0. The molecule has 1 unspecified atom stereocenters. The summed E-state index contributed by atoms with van der Waals surface area (Å²) in [6.07, 6.45) is 5.86. The van der Waals surface area contributed by atoms with Gasteiger partial charge in [-0.1, -0.05) is 214 Å². The van der Waals surface area contributed by atoms with E-state index in [1.165, 1.54) is 22.3 Å². The standard InChI is InChI=1S/C68H62N4O.Pt/c1-45(66(2,3)4)57-42-64(69-43-59(57)48-31-33-49(34-32-48)67(5,6)7)72-60-38-35-50(68(8,9)10)39-58(60)56-37-36-53(41-63(56)72)73-52-26-19-25-51(40-52)70-44-71(62-30-18-17-29-61(62)70)65-54(46-21-13-11-14-22-46)27-20-28-55(65)47-23-15-12-16-24-47;/h11-39,42-43,45H,1-10H3;/q-2;. The largest absolute Gasteiger partial charge is 0.510 e. The molecule has 372 valence electrons. The zero-order valence-electron chi connectivity index (χ0n) is 44.0. The molecule has 0 aliphatic rings. The smallest absolute Gasteiger partial charge is 0.268 e. The van der Waals surface area contributed by atoms with Crippen molar-refractivity contribution in [2.75, 3.05) is 0 Å². The third-order valence-electron chi connectivity index (χ3n) is 14.7. The van der Waals surface area contributed by atoms with Gasteiger partial charge in [0.15, 0.2) is 0 Å². The van der Waals surface area contributed by atoms with Gasteiger partial charge in [0.05, 0.1) is 16.7 Å². The average Bonchev–Trinajstić information content (AvgIpc) is 3.93. The van der Waals surface area contributed by atoms with E-state index in [-0.39, 0.29) is 43.2 Å². The molecule has 6 heteroatoms. The van der Waals surface area contributed by atoms with Crippen LogP contribution < -0.4 is 9.30 Å². The Balaban J connectivity index is 0.00000626. The molecule has 0 radical (unpaired) electrons. The minimum atomic E-state index is -0.0365. The fraction of sp³-hybridized carbons (Fsp3) is 0.206. The molecule has 0 amide bonds. The van der Waals surface area contributed by atoms with Gasteiger partial charge in [0.2, 0.25) is 0 Å². The first-order valence-electron chi connectivity index (χ1n) is 25.5. The molecule has 0 aliphatic carbocycles. The molecular weight excluding hydrogens is 1080 g/mol. The van der Waals surface area contributed by atoms with Crippen LogP contribution in [-0.4, -0.2) is 14.1 Å². The monoisotopic (exact) mass is 1150 g/mol. The molecule has 0 bridgehead atoms. The number of nitrogens with zero attached hydrogens (tertiary/aromatic N) is 4. The Kier molecular flexibility index (Phi) is 13.2. The Hall–Kier alpha value is -7.33. The van der Waals surface area contributed by atoms with Crippen molar-refractivity contribution in [3.05, 3.63) is 223 Å². The summed E-state index contributed by atoms with van der Waals surface area (Å²) in [6, 6.07) is 72.0. The maximum Gasteiger partial charge on any atom is 0.268 e. The summed E-state index contributed by atoms with van der Waals surface area (Å²) in [5, 5.41) is 2.24. The van der Waals surface area contributed by atoms with Crippen molar-refractivity contribution in [2.45, 2.75) is 86.0 Å². The number of ether oxygens (including phenoxy) is 1. The molecule has 11 rings (SSSR count). The molecule has 0 aliphatic heterocycles. The van der Waals surface area contributed by atoms with Crippen LogP contribution in [0, 0.1) is 23.9 Å². The molecule has 3 heterocycles. The fourth-order valence-electron chi connectivity index (χ4n) is 10.1. The molecule has 5 nitrogen and oxygen atoms in total. The predicted molar refractivity (Wildman–Crippen MR) is 302 cm³/mol. The fourth-order valence-corrected chi connectivity index (χ4v) is 10.1. The minimum absolute atomic E-state index is 0. The molecule has 11 aromatic rings. The van der Waals surface area contributed by atoms with Gasteiger partial charge in [-0.3, -0.25) is 4.57 Å². The average molecular weight is 1150 g/mol. The molecule has 3 aromatic heterocycles. The van der Waals surface area contributed by atoms with E-state index in [4.69, 9.17) is 9.72 Å². The SMILES string of the molecule is CC(c1cc(-n2c3[c-]c(Oc4[c-]c(-n5[c-][n+](-c6c(-c7ccccc7)cccc6-c6ccccc6)c6ccccc65)ccc4)ccc3c3cc(C(C)(C)C)ccc32)ncc1-c1ccc(C(C)(C)C)cc1)C(C)(C)C.[Pt]. The van der Waals surface area contributed by atoms with Gasteiger partial charge in [0.1, 0.15) is 5.82 Å².